The second kappa shape index (κ2) is 9.92. The maximum absolute atomic E-state index is 13.1. The number of likely N-dealkylation sites (tertiary alicyclic amines) is 1. The summed E-state index contributed by atoms with van der Waals surface area (Å²) in [7, 11) is 0. The van der Waals surface area contributed by atoms with Crippen molar-refractivity contribution in [3.63, 3.8) is 0 Å². The molecule has 1 saturated heterocycles. The number of hydrogen-bond acceptors (Lipinski definition) is 6. The fourth-order valence-electron chi connectivity index (χ4n) is 4.27. The summed E-state index contributed by atoms with van der Waals surface area (Å²) >= 11 is 0. The smallest absolute Gasteiger partial charge is 0.296 e. The second-order valence-electron chi connectivity index (χ2n) is 8.54. The number of Topliss-reactive ketones (excluding diaryl/α,β-unsaturated/α-hetero) is 1. The van der Waals surface area contributed by atoms with Gasteiger partial charge in [0.2, 0.25) is 0 Å². The quantitative estimate of drug-likeness (QED) is 0.222. The number of aliphatic hydroxyl groups is 1. The fraction of sp³-hybridized carbons (Fsp3) is 0.138. The standard InChI is InChI=1S/C29H24N2O5/c1-19-6-2-3-8-22(19)18-36-23-12-10-21(11-13-23)27(32)25-26(24-9-5-15-35-24)31(29(34)28(25)33)17-20-7-4-14-30-16-20/h2-16,26,32H,17-18H2,1H3/b27-25+. The van der Waals surface area contributed by atoms with Crippen LogP contribution in [0.1, 0.15) is 34.1 Å². The lowest BCUT2D eigenvalue weighted by Crippen LogP contribution is -2.29. The predicted octanol–water partition coefficient (Wildman–Crippen LogP) is 5.18. The van der Waals surface area contributed by atoms with Crippen molar-refractivity contribution in [2.75, 3.05) is 0 Å². The normalized spacial score (nSPS) is 16.9. The molecule has 7 nitrogen and oxygen atoms in total. The molecule has 1 amide bonds. The maximum Gasteiger partial charge on any atom is 0.296 e. The number of pyridine rings is 1. The van der Waals surface area contributed by atoms with Gasteiger partial charge < -0.3 is 19.2 Å². The van der Waals surface area contributed by atoms with Crippen molar-refractivity contribution in [1.82, 2.24) is 9.88 Å². The van der Waals surface area contributed by atoms with Gasteiger partial charge in [-0.1, -0.05) is 30.3 Å². The molecule has 1 unspecified atom stereocenters. The molecule has 1 aliphatic rings. The van der Waals surface area contributed by atoms with E-state index in [1.54, 1.807) is 54.9 Å². The zero-order valence-electron chi connectivity index (χ0n) is 19.6. The van der Waals surface area contributed by atoms with E-state index in [1.807, 2.05) is 37.3 Å². The Bertz CT molecular complexity index is 1410. The van der Waals surface area contributed by atoms with Crippen LogP contribution in [0.2, 0.25) is 0 Å². The van der Waals surface area contributed by atoms with E-state index in [-0.39, 0.29) is 17.9 Å². The minimum absolute atomic E-state index is 0.0209. The van der Waals surface area contributed by atoms with E-state index in [0.29, 0.717) is 23.7 Å². The molecule has 1 fully saturated rings. The average Bonchev–Trinajstić information content (AvgIpc) is 3.52. The number of rotatable bonds is 7. The number of amides is 1. The number of furan rings is 1. The number of carbonyl (C=O) groups excluding carboxylic acids is 2. The lowest BCUT2D eigenvalue weighted by molar-refractivity contribution is -0.140. The lowest BCUT2D eigenvalue weighted by atomic mass is 9.99. The number of hydrogen-bond donors (Lipinski definition) is 1. The summed E-state index contributed by atoms with van der Waals surface area (Å²) in [4.78, 5) is 31.6. The summed E-state index contributed by atoms with van der Waals surface area (Å²) < 4.78 is 11.5. The third-order valence-corrected chi connectivity index (χ3v) is 6.21. The molecule has 3 heterocycles. The third kappa shape index (κ3) is 4.51. The molecule has 180 valence electrons. The van der Waals surface area contributed by atoms with Crippen molar-refractivity contribution in [1.29, 1.82) is 0 Å². The largest absolute Gasteiger partial charge is 0.507 e. The Morgan fingerprint density at radius 1 is 1.03 bits per heavy atom. The number of aryl methyl sites for hydroxylation is 1. The van der Waals surface area contributed by atoms with Crippen molar-refractivity contribution in [3.8, 4) is 5.75 Å². The van der Waals surface area contributed by atoms with Gasteiger partial charge in [-0.2, -0.15) is 0 Å². The van der Waals surface area contributed by atoms with E-state index in [0.717, 1.165) is 16.7 Å². The summed E-state index contributed by atoms with van der Waals surface area (Å²) in [6.07, 6.45) is 4.74. The Morgan fingerprint density at radius 3 is 2.53 bits per heavy atom. The van der Waals surface area contributed by atoms with Crippen LogP contribution in [0, 0.1) is 6.92 Å². The molecule has 1 N–H and O–H groups in total. The van der Waals surface area contributed by atoms with E-state index >= 15 is 0 Å². The molecule has 2 aromatic heterocycles. The minimum atomic E-state index is -0.864. The molecular formula is C29H24N2O5. The fourth-order valence-corrected chi connectivity index (χ4v) is 4.27. The molecule has 0 radical (unpaired) electrons. The average molecular weight is 481 g/mol. The molecule has 4 aromatic rings. The SMILES string of the molecule is Cc1ccccc1COc1ccc(/C(O)=C2\C(=O)C(=O)N(Cc3cccnc3)C2c2ccco2)cc1. The van der Waals surface area contributed by atoms with Gasteiger partial charge in [0.05, 0.1) is 11.8 Å². The van der Waals surface area contributed by atoms with Gasteiger partial charge in [0.15, 0.2) is 0 Å². The van der Waals surface area contributed by atoms with Gasteiger partial charge in [0.25, 0.3) is 11.7 Å². The van der Waals surface area contributed by atoms with Gasteiger partial charge in [0.1, 0.15) is 29.9 Å². The van der Waals surface area contributed by atoms with Crippen LogP contribution < -0.4 is 4.74 Å². The Kier molecular flexibility index (Phi) is 6.36. The summed E-state index contributed by atoms with van der Waals surface area (Å²) in [5.41, 5.74) is 3.35. The van der Waals surface area contributed by atoms with E-state index in [9.17, 15) is 14.7 Å². The van der Waals surface area contributed by atoms with E-state index in [4.69, 9.17) is 9.15 Å². The highest BCUT2D eigenvalue weighted by atomic mass is 16.5. The Morgan fingerprint density at radius 2 is 1.83 bits per heavy atom. The lowest BCUT2D eigenvalue weighted by Gasteiger charge is -2.23. The number of aliphatic hydroxyl groups excluding tert-OH is 1. The monoisotopic (exact) mass is 480 g/mol. The van der Waals surface area contributed by atoms with Crippen LogP contribution >= 0.6 is 0 Å². The number of ketones is 1. The molecular weight excluding hydrogens is 456 g/mol. The summed E-state index contributed by atoms with van der Waals surface area (Å²) in [6.45, 7) is 2.58. The van der Waals surface area contributed by atoms with Crippen LogP contribution in [-0.2, 0) is 22.7 Å². The number of aromatic nitrogens is 1. The van der Waals surface area contributed by atoms with Crippen LogP contribution in [0.3, 0.4) is 0 Å². The van der Waals surface area contributed by atoms with Gasteiger partial charge in [-0.05, 0) is 66.1 Å². The van der Waals surface area contributed by atoms with Crippen LogP contribution in [0.15, 0.2) is 101 Å². The van der Waals surface area contributed by atoms with Crippen LogP contribution in [0.4, 0.5) is 0 Å². The van der Waals surface area contributed by atoms with Crippen molar-refractivity contribution in [2.24, 2.45) is 0 Å². The van der Waals surface area contributed by atoms with Crippen molar-refractivity contribution in [2.45, 2.75) is 26.1 Å². The first-order chi connectivity index (χ1) is 17.5. The number of carbonyl (C=O) groups is 2. The summed E-state index contributed by atoms with van der Waals surface area (Å²) in [6, 6.07) is 20.8. The van der Waals surface area contributed by atoms with E-state index in [2.05, 4.69) is 4.98 Å². The molecule has 5 rings (SSSR count). The van der Waals surface area contributed by atoms with Gasteiger partial charge in [-0.15, -0.1) is 0 Å². The Hall–Kier alpha value is -4.65. The summed E-state index contributed by atoms with van der Waals surface area (Å²) in [5.74, 6) is -0.737. The van der Waals surface area contributed by atoms with Gasteiger partial charge in [-0.3, -0.25) is 14.6 Å². The van der Waals surface area contributed by atoms with Crippen molar-refractivity contribution in [3.05, 3.63) is 125 Å². The van der Waals surface area contributed by atoms with Crippen LogP contribution in [0.25, 0.3) is 5.76 Å². The zero-order valence-corrected chi connectivity index (χ0v) is 19.6. The molecule has 0 spiro atoms. The van der Waals surface area contributed by atoms with Crippen molar-refractivity contribution < 1.29 is 23.8 Å². The Labute approximate surface area is 208 Å². The topological polar surface area (TPSA) is 92.9 Å². The molecule has 0 aliphatic carbocycles. The molecule has 1 atom stereocenters. The first-order valence-corrected chi connectivity index (χ1v) is 11.5. The zero-order chi connectivity index (χ0) is 25.1. The number of benzene rings is 2. The van der Waals surface area contributed by atoms with E-state index in [1.165, 1.54) is 11.2 Å². The van der Waals surface area contributed by atoms with Crippen LogP contribution in [0.5, 0.6) is 5.75 Å². The first kappa shape index (κ1) is 23.1. The molecule has 1 aliphatic heterocycles. The first-order valence-electron chi connectivity index (χ1n) is 11.5. The van der Waals surface area contributed by atoms with Crippen molar-refractivity contribution >= 4 is 17.4 Å². The van der Waals surface area contributed by atoms with E-state index < -0.39 is 17.7 Å². The third-order valence-electron chi connectivity index (χ3n) is 6.21. The second-order valence-corrected chi connectivity index (χ2v) is 8.54. The Balaban J connectivity index is 1.44. The summed E-state index contributed by atoms with van der Waals surface area (Å²) in [5, 5.41) is 11.2. The highest BCUT2D eigenvalue weighted by Crippen LogP contribution is 2.40. The highest BCUT2D eigenvalue weighted by molar-refractivity contribution is 6.46. The predicted molar refractivity (Wildman–Crippen MR) is 133 cm³/mol. The molecule has 7 heteroatoms. The van der Waals surface area contributed by atoms with Gasteiger partial charge in [-0.25, -0.2) is 0 Å². The molecule has 0 saturated carbocycles. The maximum atomic E-state index is 13.1. The highest BCUT2D eigenvalue weighted by Gasteiger charge is 2.47. The molecule has 0 bridgehead atoms. The van der Waals surface area contributed by atoms with Gasteiger partial charge in [0, 0.05) is 24.5 Å². The molecule has 36 heavy (non-hydrogen) atoms. The minimum Gasteiger partial charge on any atom is -0.507 e. The number of ether oxygens (including phenoxy) is 1. The number of nitrogens with zero attached hydrogens (tertiary/aromatic N) is 2. The van der Waals surface area contributed by atoms with Gasteiger partial charge >= 0.3 is 0 Å². The van der Waals surface area contributed by atoms with Crippen LogP contribution in [-0.4, -0.2) is 26.7 Å². The molecule has 2 aromatic carbocycles.